The van der Waals surface area contributed by atoms with Gasteiger partial charge >= 0.3 is 0 Å². The lowest BCUT2D eigenvalue weighted by Gasteiger charge is -2.40. The maximum atomic E-state index is 11.2. The summed E-state index contributed by atoms with van der Waals surface area (Å²) in [6, 6.07) is 0. The van der Waals surface area contributed by atoms with E-state index >= 15 is 0 Å². The van der Waals surface area contributed by atoms with Crippen molar-refractivity contribution in [3.8, 4) is 0 Å². The topological polar surface area (TPSA) is 46.2 Å². The average Bonchev–Trinajstić information content (AvgIpc) is 2.03. The second-order valence-electron chi connectivity index (χ2n) is 3.47. The van der Waals surface area contributed by atoms with E-state index in [1.54, 1.807) is 18.7 Å². The molecule has 0 aliphatic heterocycles. The predicted octanol–water partition coefficient (Wildman–Crippen LogP) is 1.21. The molecule has 0 saturated heterocycles. The highest BCUT2D eigenvalue weighted by atomic mass is 32.2. The lowest BCUT2D eigenvalue weighted by molar-refractivity contribution is 0.362. The Hall–Kier alpha value is 0.260. The van der Waals surface area contributed by atoms with Gasteiger partial charge in [0.1, 0.15) is 0 Å². The van der Waals surface area contributed by atoms with Crippen molar-refractivity contribution in [3.63, 3.8) is 0 Å². The van der Waals surface area contributed by atoms with Crippen LogP contribution in [0.1, 0.15) is 26.2 Å². The zero-order chi connectivity index (χ0) is 9.95. The summed E-state index contributed by atoms with van der Waals surface area (Å²) in [4.78, 5) is 0. The van der Waals surface area contributed by atoms with Crippen molar-refractivity contribution >= 4 is 21.8 Å². The quantitative estimate of drug-likeness (QED) is 0.762. The minimum absolute atomic E-state index is 0.178. The monoisotopic (exact) mass is 223 g/mol. The minimum Gasteiger partial charge on any atom is -0.214 e. The van der Waals surface area contributed by atoms with Crippen LogP contribution in [0.4, 0.5) is 0 Å². The Balaban J connectivity index is 2.41. The van der Waals surface area contributed by atoms with Crippen molar-refractivity contribution in [3.05, 3.63) is 0 Å². The summed E-state index contributed by atoms with van der Waals surface area (Å²) in [5.74, 6) is 0.178. The Morgan fingerprint density at radius 1 is 1.46 bits per heavy atom. The number of nitrogens with one attached hydrogen (secondary N) is 1. The Bertz CT molecular complexity index is 252. The van der Waals surface area contributed by atoms with Gasteiger partial charge in [-0.25, -0.2) is 13.1 Å². The van der Waals surface area contributed by atoms with E-state index in [4.69, 9.17) is 0 Å². The van der Waals surface area contributed by atoms with Crippen molar-refractivity contribution in [2.45, 2.75) is 30.9 Å². The van der Waals surface area contributed by atoms with Gasteiger partial charge in [0.15, 0.2) is 0 Å². The van der Waals surface area contributed by atoms with Crippen LogP contribution in [0.25, 0.3) is 0 Å². The highest BCUT2D eigenvalue weighted by molar-refractivity contribution is 8.00. The van der Waals surface area contributed by atoms with E-state index in [-0.39, 0.29) is 10.5 Å². The van der Waals surface area contributed by atoms with Gasteiger partial charge in [0.2, 0.25) is 10.0 Å². The first-order valence-corrected chi connectivity index (χ1v) is 7.44. The highest BCUT2D eigenvalue weighted by Crippen LogP contribution is 2.42. The predicted molar refractivity (Wildman–Crippen MR) is 57.6 cm³/mol. The van der Waals surface area contributed by atoms with Gasteiger partial charge in [0.05, 0.1) is 5.75 Å². The van der Waals surface area contributed by atoms with Crippen LogP contribution in [0.5, 0.6) is 0 Å². The highest BCUT2D eigenvalue weighted by Gasteiger charge is 2.36. The molecule has 78 valence electrons. The Labute approximate surface area is 84.7 Å². The molecule has 0 spiro atoms. The molecule has 1 aliphatic carbocycles. The number of hydrogen-bond acceptors (Lipinski definition) is 3. The number of sulfonamides is 1. The molecule has 1 rings (SSSR count). The normalized spacial score (nSPS) is 21.1. The fraction of sp³-hybridized carbons (Fsp3) is 1.00. The molecule has 1 saturated carbocycles. The van der Waals surface area contributed by atoms with Gasteiger partial charge in [-0.3, -0.25) is 0 Å². The molecule has 1 fully saturated rings. The largest absolute Gasteiger partial charge is 0.214 e. The third-order valence-corrected chi connectivity index (χ3v) is 5.45. The Kier molecular flexibility index (Phi) is 3.65. The van der Waals surface area contributed by atoms with Crippen LogP contribution in [0.3, 0.4) is 0 Å². The summed E-state index contributed by atoms with van der Waals surface area (Å²) < 4.78 is 25.2. The molecule has 1 aliphatic rings. The van der Waals surface area contributed by atoms with E-state index in [0.717, 1.165) is 12.8 Å². The van der Waals surface area contributed by atoms with Crippen LogP contribution in [-0.4, -0.2) is 31.7 Å². The van der Waals surface area contributed by atoms with Gasteiger partial charge in [0, 0.05) is 11.3 Å². The van der Waals surface area contributed by atoms with Gasteiger partial charge in [-0.2, -0.15) is 11.8 Å². The summed E-state index contributed by atoms with van der Waals surface area (Å²) in [5, 5.41) is 0. The number of rotatable bonds is 5. The van der Waals surface area contributed by atoms with Crippen molar-refractivity contribution in [1.29, 1.82) is 0 Å². The summed E-state index contributed by atoms with van der Waals surface area (Å²) >= 11 is 1.78. The standard InChI is InChI=1S/C8H17NO2S2/c1-3-13(10,11)9-7-8(12-2)5-4-6-8/h9H,3-7H2,1-2H3. The van der Waals surface area contributed by atoms with Gasteiger partial charge < -0.3 is 0 Å². The van der Waals surface area contributed by atoms with Crippen LogP contribution < -0.4 is 4.72 Å². The summed E-state index contributed by atoms with van der Waals surface area (Å²) in [7, 11) is -3.00. The lowest BCUT2D eigenvalue weighted by Crippen LogP contribution is -2.45. The van der Waals surface area contributed by atoms with Crippen molar-refractivity contribution in [2.24, 2.45) is 0 Å². The van der Waals surface area contributed by atoms with E-state index in [1.165, 1.54) is 6.42 Å². The lowest BCUT2D eigenvalue weighted by atomic mass is 9.84. The third kappa shape index (κ3) is 2.86. The molecule has 0 atom stereocenters. The second kappa shape index (κ2) is 4.19. The van der Waals surface area contributed by atoms with Gasteiger partial charge in [-0.15, -0.1) is 0 Å². The molecule has 13 heavy (non-hydrogen) atoms. The average molecular weight is 223 g/mol. The molecule has 0 aromatic heterocycles. The fourth-order valence-electron chi connectivity index (χ4n) is 1.37. The van der Waals surface area contributed by atoms with Gasteiger partial charge in [-0.05, 0) is 26.0 Å². The van der Waals surface area contributed by atoms with Crippen molar-refractivity contribution < 1.29 is 8.42 Å². The third-order valence-electron chi connectivity index (χ3n) is 2.69. The second-order valence-corrected chi connectivity index (χ2v) is 6.84. The molecule has 3 nitrogen and oxygen atoms in total. The van der Waals surface area contributed by atoms with Gasteiger partial charge in [0.25, 0.3) is 0 Å². The maximum Gasteiger partial charge on any atom is 0.211 e. The summed E-state index contributed by atoms with van der Waals surface area (Å²) in [5.41, 5.74) is 0. The first kappa shape index (κ1) is 11.3. The molecule has 1 N–H and O–H groups in total. The maximum absolute atomic E-state index is 11.2. The molecule has 0 bridgehead atoms. The van der Waals surface area contributed by atoms with Crippen molar-refractivity contribution in [2.75, 3.05) is 18.6 Å². The van der Waals surface area contributed by atoms with E-state index in [2.05, 4.69) is 11.0 Å². The number of hydrogen-bond donors (Lipinski definition) is 1. The van der Waals surface area contributed by atoms with Crippen LogP contribution in [0.15, 0.2) is 0 Å². The van der Waals surface area contributed by atoms with Crippen LogP contribution >= 0.6 is 11.8 Å². The fourth-order valence-corrected chi connectivity index (χ4v) is 3.07. The van der Waals surface area contributed by atoms with Crippen LogP contribution in [-0.2, 0) is 10.0 Å². The van der Waals surface area contributed by atoms with Gasteiger partial charge in [-0.1, -0.05) is 6.42 Å². The minimum atomic E-state index is -3.00. The van der Waals surface area contributed by atoms with Crippen molar-refractivity contribution in [1.82, 2.24) is 4.72 Å². The van der Waals surface area contributed by atoms with Crippen LogP contribution in [0, 0.1) is 0 Å². The molecule has 0 aromatic carbocycles. The molecule has 0 unspecified atom stereocenters. The van der Waals surface area contributed by atoms with E-state index in [1.807, 2.05) is 0 Å². The smallest absolute Gasteiger partial charge is 0.211 e. The molecule has 5 heteroatoms. The first-order chi connectivity index (χ1) is 6.04. The molecular formula is C8H17NO2S2. The molecule has 0 amide bonds. The number of thioether (sulfide) groups is 1. The SMILES string of the molecule is CCS(=O)(=O)NCC1(SC)CCC1. The van der Waals surface area contributed by atoms with E-state index in [0.29, 0.717) is 6.54 Å². The molecular weight excluding hydrogens is 206 g/mol. The summed E-state index contributed by atoms with van der Waals surface area (Å²) in [6.45, 7) is 2.26. The zero-order valence-electron chi connectivity index (χ0n) is 8.17. The summed E-state index contributed by atoms with van der Waals surface area (Å²) in [6.07, 6.45) is 5.56. The van der Waals surface area contributed by atoms with Crippen LogP contribution in [0.2, 0.25) is 0 Å². The molecule has 0 aromatic rings. The van der Waals surface area contributed by atoms with E-state index in [9.17, 15) is 8.42 Å². The Morgan fingerprint density at radius 2 is 2.08 bits per heavy atom. The molecule has 0 radical (unpaired) electrons. The molecule has 0 heterocycles. The zero-order valence-corrected chi connectivity index (χ0v) is 9.80. The Morgan fingerprint density at radius 3 is 2.38 bits per heavy atom. The van der Waals surface area contributed by atoms with E-state index < -0.39 is 10.0 Å². The first-order valence-electron chi connectivity index (χ1n) is 4.56.